The SMILES string of the molecule is CC[C@H](C)[C@H](NC(=O)Nc1ccc(C#N)cc1Cl)C(=O)O. The van der Waals surface area contributed by atoms with Crippen molar-refractivity contribution >= 4 is 29.3 Å². The number of carboxylic acids is 1. The Morgan fingerprint density at radius 1 is 1.48 bits per heavy atom. The molecule has 0 aliphatic heterocycles. The number of hydrogen-bond donors (Lipinski definition) is 3. The molecule has 2 atom stereocenters. The molecule has 1 aromatic rings. The molecular formula is C14H16ClN3O3. The summed E-state index contributed by atoms with van der Waals surface area (Å²) >= 11 is 5.93. The maximum atomic E-state index is 11.8. The van der Waals surface area contributed by atoms with E-state index in [-0.39, 0.29) is 10.9 Å². The number of rotatable bonds is 5. The molecular weight excluding hydrogens is 294 g/mol. The van der Waals surface area contributed by atoms with Gasteiger partial charge in [0.25, 0.3) is 0 Å². The van der Waals surface area contributed by atoms with Gasteiger partial charge >= 0.3 is 12.0 Å². The predicted molar refractivity (Wildman–Crippen MR) is 79.2 cm³/mol. The predicted octanol–water partition coefficient (Wildman–Crippen LogP) is 2.83. The van der Waals surface area contributed by atoms with Crippen LogP contribution in [-0.2, 0) is 4.79 Å². The highest BCUT2D eigenvalue weighted by atomic mass is 35.5. The number of amides is 2. The quantitative estimate of drug-likeness (QED) is 0.778. The zero-order valence-corrected chi connectivity index (χ0v) is 12.4. The number of carbonyl (C=O) groups is 2. The fourth-order valence-corrected chi connectivity index (χ4v) is 1.90. The first-order valence-corrected chi connectivity index (χ1v) is 6.76. The van der Waals surface area contributed by atoms with Gasteiger partial charge < -0.3 is 15.7 Å². The van der Waals surface area contributed by atoms with Crippen LogP contribution in [0.3, 0.4) is 0 Å². The molecule has 0 radical (unpaired) electrons. The number of nitrogens with one attached hydrogen (secondary N) is 2. The molecule has 2 amide bonds. The molecule has 21 heavy (non-hydrogen) atoms. The maximum Gasteiger partial charge on any atom is 0.326 e. The number of urea groups is 1. The summed E-state index contributed by atoms with van der Waals surface area (Å²) in [5.74, 6) is -1.30. The van der Waals surface area contributed by atoms with Crippen LogP contribution in [0.2, 0.25) is 5.02 Å². The number of carbonyl (C=O) groups excluding carboxylic acids is 1. The van der Waals surface area contributed by atoms with Crippen LogP contribution in [0, 0.1) is 17.2 Å². The molecule has 6 nitrogen and oxygen atoms in total. The van der Waals surface area contributed by atoms with E-state index in [1.807, 2.05) is 13.0 Å². The minimum Gasteiger partial charge on any atom is -0.480 e. The molecule has 0 aromatic heterocycles. The number of halogens is 1. The van der Waals surface area contributed by atoms with Gasteiger partial charge in [0.1, 0.15) is 6.04 Å². The first kappa shape index (κ1) is 16.8. The zero-order chi connectivity index (χ0) is 16.0. The summed E-state index contributed by atoms with van der Waals surface area (Å²) in [6.07, 6.45) is 0.620. The summed E-state index contributed by atoms with van der Waals surface area (Å²) in [6.45, 7) is 3.59. The van der Waals surface area contributed by atoms with Gasteiger partial charge in [0, 0.05) is 0 Å². The number of hydrogen-bond acceptors (Lipinski definition) is 3. The van der Waals surface area contributed by atoms with E-state index in [4.69, 9.17) is 22.0 Å². The van der Waals surface area contributed by atoms with Crippen molar-refractivity contribution in [3.63, 3.8) is 0 Å². The Labute approximate surface area is 127 Å². The van der Waals surface area contributed by atoms with Gasteiger partial charge in [-0.2, -0.15) is 5.26 Å². The van der Waals surface area contributed by atoms with E-state index in [2.05, 4.69) is 10.6 Å². The molecule has 0 heterocycles. The molecule has 112 valence electrons. The lowest BCUT2D eigenvalue weighted by atomic mass is 9.99. The molecule has 0 unspecified atom stereocenters. The summed E-state index contributed by atoms with van der Waals surface area (Å²) in [5, 5.41) is 22.9. The molecule has 3 N–H and O–H groups in total. The van der Waals surface area contributed by atoms with Gasteiger partial charge in [-0.1, -0.05) is 31.9 Å². The van der Waals surface area contributed by atoms with Crippen LogP contribution in [0.4, 0.5) is 10.5 Å². The molecule has 0 aliphatic rings. The van der Waals surface area contributed by atoms with Crippen molar-refractivity contribution in [2.24, 2.45) is 5.92 Å². The van der Waals surface area contributed by atoms with E-state index in [1.165, 1.54) is 18.2 Å². The van der Waals surface area contributed by atoms with Gasteiger partial charge in [-0.15, -0.1) is 0 Å². The van der Waals surface area contributed by atoms with E-state index < -0.39 is 18.0 Å². The number of benzene rings is 1. The van der Waals surface area contributed by atoms with Crippen LogP contribution in [0.25, 0.3) is 0 Å². The lowest BCUT2D eigenvalue weighted by Gasteiger charge is -2.20. The van der Waals surface area contributed by atoms with Gasteiger partial charge in [-0.3, -0.25) is 0 Å². The molecule has 0 spiro atoms. The molecule has 0 aliphatic carbocycles. The maximum absolute atomic E-state index is 11.8. The number of aliphatic carboxylic acids is 1. The van der Waals surface area contributed by atoms with Gasteiger partial charge in [0.2, 0.25) is 0 Å². The fourth-order valence-electron chi connectivity index (χ4n) is 1.67. The number of nitrogens with zero attached hydrogens (tertiary/aromatic N) is 1. The molecule has 0 fully saturated rings. The molecule has 1 rings (SSSR count). The van der Waals surface area contributed by atoms with Crippen LogP contribution in [0.15, 0.2) is 18.2 Å². The Morgan fingerprint density at radius 3 is 2.62 bits per heavy atom. The summed E-state index contributed by atoms with van der Waals surface area (Å²) in [5.41, 5.74) is 0.676. The Hall–Kier alpha value is -2.26. The van der Waals surface area contributed by atoms with Crippen LogP contribution in [0.1, 0.15) is 25.8 Å². The van der Waals surface area contributed by atoms with Gasteiger partial charge in [0.15, 0.2) is 0 Å². The second kappa shape index (κ2) is 7.50. The van der Waals surface area contributed by atoms with Crippen molar-refractivity contribution in [1.29, 1.82) is 5.26 Å². The number of carboxylic acid groups (broad SMARTS) is 1. The van der Waals surface area contributed by atoms with Crippen LogP contribution >= 0.6 is 11.6 Å². The van der Waals surface area contributed by atoms with E-state index in [0.29, 0.717) is 17.7 Å². The van der Waals surface area contributed by atoms with Gasteiger partial charge in [0.05, 0.1) is 22.3 Å². The van der Waals surface area contributed by atoms with Crippen molar-refractivity contribution < 1.29 is 14.7 Å². The minimum absolute atomic E-state index is 0.204. The Bertz CT molecular complexity index is 583. The largest absolute Gasteiger partial charge is 0.480 e. The van der Waals surface area contributed by atoms with Crippen molar-refractivity contribution in [1.82, 2.24) is 5.32 Å². The van der Waals surface area contributed by atoms with E-state index in [1.54, 1.807) is 6.92 Å². The standard InChI is InChI=1S/C14H16ClN3O3/c1-3-8(2)12(13(19)20)18-14(21)17-11-5-4-9(7-16)6-10(11)15/h4-6,8,12H,3H2,1-2H3,(H,19,20)(H2,17,18,21)/t8-,12-/m0/s1. The Morgan fingerprint density at radius 2 is 2.14 bits per heavy atom. The third-order valence-electron chi connectivity index (χ3n) is 3.11. The lowest BCUT2D eigenvalue weighted by Crippen LogP contribution is -2.46. The normalized spacial score (nSPS) is 12.9. The number of anilines is 1. The highest BCUT2D eigenvalue weighted by Crippen LogP contribution is 2.22. The molecule has 0 saturated heterocycles. The monoisotopic (exact) mass is 309 g/mol. The summed E-state index contributed by atoms with van der Waals surface area (Å²) in [7, 11) is 0. The molecule has 7 heteroatoms. The van der Waals surface area contributed by atoms with E-state index in [9.17, 15) is 9.59 Å². The minimum atomic E-state index is -1.09. The number of nitriles is 1. The highest BCUT2D eigenvalue weighted by molar-refractivity contribution is 6.33. The molecule has 0 saturated carbocycles. The topological polar surface area (TPSA) is 102 Å². The first-order valence-electron chi connectivity index (χ1n) is 6.39. The van der Waals surface area contributed by atoms with Crippen molar-refractivity contribution in [2.75, 3.05) is 5.32 Å². The first-order chi connectivity index (χ1) is 9.88. The van der Waals surface area contributed by atoms with E-state index in [0.717, 1.165) is 0 Å². The second-order valence-corrected chi connectivity index (χ2v) is 5.01. The smallest absolute Gasteiger partial charge is 0.326 e. The van der Waals surface area contributed by atoms with Gasteiger partial charge in [-0.05, 0) is 24.1 Å². The Kier molecular flexibility index (Phi) is 6.00. The van der Waals surface area contributed by atoms with Crippen molar-refractivity contribution in [2.45, 2.75) is 26.3 Å². The summed E-state index contributed by atoms with van der Waals surface area (Å²) in [6, 6.07) is 4.70. The van der Waals surface area contributed by atoms with Gasteiger partial charge in [-0.25, -0.2) is 9.59 Å². The van der Waals surface area contributed by atoms with Crippen molar-refractivity contribution in [3.8, 4) is 6.07 Å². The fraction of sp³-hybridized carbons (Fsp3) is 0.357. The van der Waals surface area contributed by atoms with Crippen LogP contribution < -0.4 is 10.6 Å². The van der Waals surface area contributed by atoms with Crippen LogP contribution in [-0.4, -0.2) is 23.1 Å². The summed E-state index contributed by atoms with van der Waals surface area (Å²) < 4.78 is 0. The molecule has 1 aromatic carbocycles. The lowest BCUT2D eigenvalue weighted by molar-refractivity contribution is -0.140. The third kappa shape index (κ3) is 4.65. The average molecular weight is 310 g/mol. The zero-order valence-electron chi connectivity index (χ0n) is 11.7. The van der Waals surface area contributed by atoms with Crippen LogP contribution in [0.5, 0.6) is 0 Å². The highest BCUT2D eigenvalue weighted by Gasteiger charge is 2.25. The third-order valence-corrected chi connectivity index (χ3v) is 3.42. The van der Waals surface area contributed by atoms with E-state index >= 15 is 0 Å². The Balaban J connectivity index is 2.77. The second-order valence-electron chi connectivity index (χ2n) is 4.61. The molecule has 0 bridgehead atoms. The average Bonchev–Trinajstić information content (AvgIpc) is 2.45. The van der Waals surface area contributed by atoms with Crippen molar-refractivity contribution in [3.05, 3.63) is 28.8 Å². The summed E-state index contributed by atoms with van der Waals surface area (Å²) in [4.78, 5) is 23.0.